The highest BCUT2D eigenvalue weighted by molar-refractivity contribution is 5.97. The molecule has 2 amide bonds. The highest BCUT2D eigenvalue weighted by atomic mass is 16.5. The molecular formula is C29H27N3O4. The maximum atomic E-state index is 13.9. The minimum absolute atomic E-state index is 0.0234. The number of aromatic amines is 1. The number of H-pyrrole nitrogens is 1. The Morgan fingerprint density at radius 1 is 0.917 bits per heavy atom. The van der Waals surface area contributed by atoms with E-state index < -0.39 is 6.04 Å². The molecule has 1 fully saturated rings. The summed E-state index contributed by atoms with van der Waals surface area (Å²) >= 11 is 0. The number of methoxy groups -OCH3 is 2. The molecule has 0 spiro atoms. The third-order valence-corrected chi connectivity index (χ3v) is 7.33. The summed E-state index contributed by atoms with van der Waals surface area (Å²) < 4.78 is 10.8. The van der Waals surface area contributed by atoms with Gasteiger partial charge in [0.25, 0.3) is 0 Å². The van der Waals surface area contributed by atoms with Gasteiger partial charge in [0.1, 0.15) is 24.1 Å². The minimum atomic E-state index is -0.584. The number of carbonyl (C=O) groups excluding carboxylic acids is 2. The Hall–Kier alpha value is -4.26. The molecule has 0 unspecified atom stereocenters. The molecule has 1 saturated heterocycles. The number of hydrogen-bond donors (Lipinski definition) is 1. The molecule has 2 aliphatic rings. The average Bonchev–Trinajstić information content (AvgIpc) is 3.29. The molecule has 1 aromatic heterocycles. The summed E-state index contributed by atoms with van der Waals surface area (Å²) in [5, 5.41) is 1.09. The first-order valence-corrected chi connectivity index (χ1v) is 12.0. The van der Waals surface area contributed by atoms with Crippen LogP contribution in [0.3, 0.4) is 0 Å². The predicted molar refractivity (Wildman–Crippen MR) is 136 cm³/mol. The van der Waals surface area contributed by atoms with E-state index >= 15 is 0 Å². The normalized spacial score (nSPS) is 19.3. The van der Waals surface area contributed by atoms with Crippen molar-refractivity contribution in [1.82, 2.24) is 14.8 Å². The van der Waals surface area contributed by atoms with Gasteiger partial charge in [-0.15, -0.1) is 0 Å². The second-order valence-electron chi connectivity index (χ2n) is 9.27. The minimum Gasteiger partial charge on any atom is -0.497 e. The highest BCUT2D eigenvalue weighted by Crippen LogP contribution is 2.43. The van der Waals surface area contributed by atoms with Crippen LogP contribution in [-0.2, 0) is 22.6 Å². The maximum absolute atomic E-state index is 13.9. The topological polar surface area (TPSA) is 74.9 Å². The third-order valence-electron chi connectivity index (χ3n) is 7.33. The number of benzene rings is 3. The van der Waals surface area contributed by atoms with Crippen LogP contribution in [-0.4, -0.2) is 53.4 Å². The van der Waals surface area contributed by atoms with Crippen molar-refractivity contribution >= 4 is 22.7 Å². The molecule has 0 radical (unpaired) electrons. The van der Waals surface area contributed by atoms with E-state index in [2.05, 4.69) is 11.1 Å². The molecule has 6 rings (SSSR count). The third kappa shape index (κ3) is 3.50. The second-order valence-corrected chi connectivity index (χ2v) is 9.27. The molecule has 0 aliphatic carbocycles. The van der Waals surface area contributed by atoms with Crippen molar-refractivity contribution in [3.8, 4) is 11.5 Å². The van der Waals surface area contributed by atoms with Crippen LogP contribution >= 0.6 is 0 Å². The number of piperazine rings is 1. The summed E-state index contributed by atoms with van der Waals surface area (Å²) in [6.07, 6.45) is 0.471. The van der Waals surface area contributed by atoms with Gasteiger partial charge in [-0.2, -0.15) is 0 Å². The Labute approximate surface area is 209 Å². The van der Waals surface area contributed by atoms with Crippen LogP contribution < -0.4 is 9.47 Å². The Morgan fingerprint density at radius 2 is 1.67 bits per heavy atom. The zero-order chi connectivity index (χ0) is 24.8. The van der Waals surface area contributed by atoms with Gasteiger partial charge in [0.15, 0.2) is 0 Å². The van der Waals surface area contributed by atoms with Gasteiger partial charge in [-0.25, -0.2) is 0 Å². The Balaban J connectivity index is 1.44. The van der Waals surface area contributed by atoms with E-state index in [0.29, 0.717) is 18.7 Å². The van der Waals surface area contributed by atoms with Crippen LogP contribution in [0, 0.1) is 0 Å². The standard InChI is InChI=1S/C29H27N3O4/c1-35-20-13-11-18(12-14-20)28-27-22(21-8-4-5-9-23(21)30-27)15-24-29(34)31(17-26(33)32(24)28)16-19-7-3-6-10-25(19)36-2/h3-14,24,28,30H,15-17H2,1-2H3/t24-,28-/m0/s1. The van der Waals surface area contributed by atoms with Crippen molar-refractivity contribution in [2.75, 3.05) is 20.8 Å². The largest absolute Gasteiger partial charge is 0.497 e. The van der Waals surface area contributed by atoms with Crippen molar-refractivity contribution in [1.29, 1.82) is 0 Å². The molecular weight excluding hydrogens is 454 g/mol. The molecule has 7 heteroatoms. The van der Waals surface area contributed by atoms with Crippen molar-refractivity contribution in [2.45, 2.75) is 25.0 Å². The molecule has 0 bridgehead atoms. The molecule has 4 aromatic rings. The smallest absolute Gasteiger partial charge is 0.246 e. The lowest BCUT2D eigenvalue weighted by Gasteiger charge is -2.47. The summed E-state index contributed by atoms with van der Waals surface area (Å²) in [4.78, 5) is 34.6. The second kappa shape index (κ2) is 8.75. The Kier molecular flexibility index (Phi) is 5.40. The first kappa shape index (κ1) is 22.2. The molecule has 1 N–H and O–H groups in total. The van der Waals surface area contributed by atoms with Gasteiger partial charge in [-0.3, -0.25) is 9.59 Å². The Morgan fingerprint density at radius 3 is 2.44 bits per heavy atom. The van der Waals surface area contributed by atoms with E-state index in [4.69, 9.17) is 9.47 Å². The average molecular weight is 482 g/mol. The van der Waals surface area contributed by atoms with Crippen LogP contribution in [0.4, 0.5) is 0 Å². The number of hydrogen-bond acceptors (Lipinski definition) is 4. The van der Waals surface area contributed by atoms with E-state index in [9.17, 15) is 9.59 Å². The van der Waals surface area contributed by atoms with Crippen LogP contribution in [0.2, 0.25) is 0 Å². The number of para-hydroxylation sites is 2. The lowest BCUT2D eigenvalue weighted by atomic mass is 9.86. The number of fused-ring (bicyclic) bond motifs is 4. The van der Waals surface area contributed by atoms with Crippen molar-refractivity contribution in [2.24, 2.45) is 0 Å². The van der Waals surface area contributed by atoms with Crippen LogP contribution in [0.1, 0.15) is 28.4 Å². The maximum Gasteiger partial charge on any atom is 0.246 e. The molecule has 2 atom stereocenters. The number of rotatable bonds is 5. The fraction of sp³-hybridized carbons (Fsp3) is 0.241. The number of ether oxygens (including phenoxy) is 2. The van der Waals surface area contributed by atoms with Crippen LogP contribution in [0.15, 0.2) is 72.8 Å². The number of amides is 2. The van der Waals surface area contributed by atoms with E-state index in [0.717, 1.165) is 39.0 Å². The van der Waals surface area contributed by atoms with Gasteiger partial charge in [-0.05, 0) is 35.4 Å². The monoisotopic (exact) mass is 481 g/mol. The summed E-state index contributed by atoms with van der Waals surface area (Å²) in [5.41, 5.74) is 4.88. The van der Waals surface area contributed by atoms with Crippen molar-refractivity contribution in [3.63, 3.8) is 0 Å². The van der Waals surface area contributed by atoms with Crippen LogP contribution in [0.25, 0.3) is 10.9 Å². The van der Waals surface area contributed by atoms with Gasteiger partial charge < -0.3 is 24.3 Å². The molecule has 2 aliphatic heterocycles. The fourth-order valence-corrected chi connectivity index (χ4v) is 5.63. The Bertz CT molecular complexity index is 1460. The quantitative estimate of drug-likeness (QED) is 0.466. The van der Waals surface area contributed by atoms with Crippen molar-refractivity contribution < 1.29 is 19.1 Å². The van der Waals surface area contributed by atoms with Gasteiger partial charge in [0, 0.05) is 35.1 Å². The summed E-state index contributed by atoms with van der Waals surface area (Å²) in [6.45, 7) is 0.350. The van der Waals surface area contributed by atoms with Gasteiger partial charge in [0.2, 0.25) is 11.8 Å². The number of nitrogens with zero attached hydrogens (tertiary/aromatic N) is 2. The van der Waals surface area contributed by atoms with E-state index in [1.54, 1.807) is 24.0 Å². The molecule has 3 aromatic carbocycles. The molecule has 3 heterocycles. The van der Waals surface area contributed by atoms with E-state index in [1.807, 2.05) is 66.7 Å². The molecule has 182 valence electrons. The van der Waals surface area contributed by atoms with Gasteiger partial charge in [0.05, 0.1) is 20.3 Å². The first-order chi connectivity index (χ1) is 17.6. The van der Waals surface area contributed by atoms with Gasteiger partial charge in [-0.1, -0.05) is 48.5 Å². The number of carbonyl (C=O) groups is 2. The molecule has 36 heavy (non-hydrogen) atoms. The number of aromatic nitrogens is 1. The summed E-state index contributed by atoms with van der Waals surface area (Å²) in [6, 6.07) is 22.5. The summed E-state index contributed by atoms with van der Waals surface area (Å²) in [5.74, 6) is 1.33. The zero-order valence-corrected chi connectivity index (χ0v) is 20.2. The summed E-state index contributed by atoms with van der Waals surface area (Å²) in [7, 11) is 3.24. The van der Waals surface area contributed by atoms with Gasteiger partial charge >= 0.3 is 0 Å². The zero-order valence-electron chi connectivity index (χ0n) is 20.2. The SMILES string of the molecule is COc1ccc([C@H]2c3[nH]c4ccccc4c3C[C@H]3C(=O)N(Cc4ccccc4OC)CC(=O)N23)cc1. The molecule has 7 nitrogen and oxygen atoms in total. The van der Waals surface area contributed by atoms with E-state index in [1.165, 1.54) is 0 Å². The molecule has 0 saturated carbocycles. The fourth-order valence-electron chi connectivity index (χ4n) is 5.63. The first-order valence-electron chi connectivity index (χ1n) is 12.0. The predicted octanol–water partition coefficient (Wildman–Crippen LogP) is 4.07. The van der Waals surface area contributed by atoms with Crippen molar-refractivity contribution in [3.05, 3.63) is 95.2 Å². The lowest BCUT2D eigenvalue weighted by molar-refractivity contribution is -0.159. The highest BCUT2D eigenvalue weighted by Gasteiger charge is 2.48. The van der Waals surface area contributed by atoms with E-state index in [-0.39, 0.29) is 24.4 Å². The number of nitrogens with one attached hydrogen (secondary N) is 1. The van der Waals surface area contributed by atoms with Crippen LogP contribution in [0.5, 0.6) is 11.5 Å². The lowest BCUT2D eigenvalue weighted by Crippen LogP contribution is -2.62.